The standard InChI is InChI=1S/C11H16FNOS/c1-14-5-2-6-15-8-9-7-10(12)3-4-11(9)13/h3-4,7H,2,5-6,8,13H2,1H3. The van der Waals surface area contributed by atoms with Crippen molar-refractivity contribution in [3.8, 4) is 0 Å². The smallest absolute Gasteiger partial charge is 0.123 e. The number of thioether (sulfide) groups is 1. The van der Waals surface area contributed by atoms with Gasteiger partial charge in [-0.3, -0.25) is 0 Å². The normalized spacial score (nSPS) is 10.5. The molecule has 0 atom stereocenters. The van der Waals surface area contributed by atoms with Crippen LogP contribution in [0.15, 0.2) is 18.2 Å². The molecule has 1 aromatic rings. The van der Waals surface area contributed by atoms with Crippen molar-refractivity contribution >= 4 is 17.4 Å². The zero-order chi connectivity index (χ0) is 11.1. The lowest BCUT2D eigenvalue weighted by atomic mass is 10.2. The minimum absolute atomic E-state index is 0.225. The molecule has 0 aliphatic heterocycles. The van der Waals surface area contributed by atoms with E-state index in [4.69, 9.17) is 10.5 Å². The summed E-state index contributed by atoms with van der Waals surface area (Å²) < 4.78 is 17.8. The SMILES string of the molecule is COCCCSCc1cc(F)ccc1N. The molecule has 0 bridgehead atoms. The first kappa shape index (κ1) is 12.3. The molecule has 4 heteroatoms. The fourth-order valence-corrected chi connectivity index (χ4v) is 2.12. The number of methoxy groups -OCH3 is 1. The van der Waals surface area contributed by atoms with E-state index in [1.54, 1.807) is 24.9 Å². The van der Waals surface area contributed by atoms with Gasteiger partial charge in [-0.25, -0.2) is 4.39 Å². The van der Waals surface area contributed by atoms with Crippen LogP contribution in [0.1, 0.15) is 12.0 Å². The molecule has 2 nitrogen and oxygen atoms in total. The number of nitrogen functional groups attached to an aromatic ring is 1. The van der Waals surface area contributed by atoms with E-state index in [0.29, 0.717) is 5.69 Å². The van der Waals surface area contributed by atoms with E-state index >= 15 is 0 Å². The van der Waals surface area contributed by atoms with E-state index in [0.717, 1.165) is 30.1 Å². The first-order valence-electron chi connectivity index (χ1n) is 4.84. The van der Waals surface area contributed by atoms with Gasteiger partial charge < -0.3 is 10.5 Å². The van der Waals surface area contributed by atoms with Crippen molar-refractivity contribution in [1.29, 1.82) is 0 Å². The third-order valence-electron chi connectivity index (χ3n) is 2.00. The third-order valence-corrected chi connectivity index (χ3v) is 3.09. The molecule has 84 valence electrons. The van der Waals surface area contributed by atoms with Crippen LogP contribution in [0.5, 0.6) is 0 Å². The van der Waals surface area contributed by atoms with Crippen molar-refractivity contribution in [2.45, 2.75) is 12.2 Å². The quantitative estimate of drug-likeness (QED) is 0.601. The molecule has 0 aromatic heterocycles. The van der Waals surface area contributed by atoms with Crippen LogP contribution in [-0.2, 0) is 10.5 Å². The fourth-order valence-electron chi connectivity index (χ4n) is 1.19. The molecule has 0 heterocycles. The first-order chi connectivity index (χ1) is 7.24. The lowest BCUT2D eigenvalue weighted by Gasteiger charge is -2.05. The monoisotopic (exact) mass is 229 g/mol. The molecule has 0 radical (unpaired) electrons. The Labute approximate surface area is 94.0 Å². The second-order valence-electron chi connectivity index (χ2n) is 3.24. The van der Waals surface area contributed by atoms with Gasteiger partial charge in [-0.15, -0.1) is 0 Å². The molecule has 1 aromatic carbocycles. The van der Waals surface area contributed by atoms with Crippen molar-refractivity contribution in [2.75, 3.05) is 25.2 Å². The van der Waals surface area contributed by atoms with Crippen molar-refractivity contribution in [3.63, 3.8) is 0 Å². The minimum Gasteiger partial charge on any atom is -0.398 e. The van der Waals surface area contributed by atoms with Gasteiger partial charge in [0, 0.05) is 25.2 Å². The van der Waals surface area contributed by atoms with Crippen LogP contribution in [0.3, 0.4) is 0 Å². The largest absolute Gasteiger partial charge is 0.398 e. The maximum Gasteiger partial charge on any atom is 0.123 e. The van der Waals surface area contributed by atoms with Gasteiger partial charge >= 0.3 is 0 Å². The molecule has 0 saturated heterocycles. The van der Waals surface area contributed by atoms with E-state index < -0.39 is 0 Å². The number of hydrogen-bond acceptors (Lipinski definition) is 3. The van der Waals surface area contributed by atoms with Gasteiger partial charge in [0.1, 0.15) is 5.82 Å². The lowest BCUT2D eigenvalue weighted by molar-refractivity contribution is 0.200. The van der Waals surface area contributed by atoms with Gasteiger partial charge in [0.25, 0.3) is 0 Å². The lowest BCUT2D eigenvalue weighted by Crippen LogP contribution is -1.95. The van der Waals surface area contributed by atoms with Gasteiger partial charge in [0.2, 0.25) is 0 Å². The number of halogens is 1. The van der Waals surface area contributed by atoms with Crippen LogP contribution in [0.25, 0.3) is 0 Å². The highest BCUT2D eigenvalue weighted by Crippen LogP contribution is 2.20. The Balaban J connectivity index is 2.33. The van der Waals surface area contributed by atoms with E-state index in [-0.39, 0.29) is 5.82 Å². The number of anilines is 1. The maximum absolute atomic E-state index is 12.9. The number of nitrogens with two attached hydrogens (primary N) is 1. The minimum atomic E-state index is -0.225. The molecule has 0 fully saturated rings. The molecule has 1 rings (SSSR count). The topological polar surface area (TPSA) is 35.2 Å². The Morgan fingerprint density at radius 2 is 2.27 bits per heavy atom. The van der Waals surface area contributed by atoms with Crippen molar-refractivity contribution < 1.29 is 9.13 Å². The summed E-state index contributed by atoms with van der Waals surface area (Å²) in [5.74, 6) is 1.54. The van der Waals surface area contributed by atoms with Crippen LogP contribution >= 0.6 is 11.8 Å². The van der Waals surface area contributed by atoms with Gasteiger partial charge in [-0.05, 0) is 35.9 Å². The third kappa shape index (κ3) is 4.53. The Morgan fingerprint density at radius 3 is 3.00 bits per heavy atom. The molecule has 0 aliphatic rings. The van der Waals surface area contributed by atoms with Crippen LogP contribution in [0.2, 0.25) is 0 Å². The van der Waals surface area contributed by atoms with Gasteiger partial charge in [0.05, 0.1) is 0 Å². The van der Waals surface area contributed by atoms with E-state index in [9.17, 15) is 4.39 Å². The van der Waals surface area contributed by atoms with Crippen LogP contribution in [0.4, 0.5) is 10.1 Å². The first-order valence-corrected chi connectivity index (χ1v) is 6.00. The van der Waals surface area contributed by atoms with Crippen molar-refractivity contribution in [2.24, 2.45) is 0 Å². The predicted octanol–water partition coefficient (Wildman–Crippen LogP) is 2.68. The highest BCUT2D eigenvalue weighted by atomic mass is 32.2. The summed E-state index contributed by atoms with van der Waals surface area (Å²) in [7, 11) is 1.69. The van der Waals surface area contributed by atoms with E-state index in [2.05, 4.69) is 0 Å². The molecule has 0 unspecified atom stereocenters. The Hall–Kier alpha value is -0.740. The van der Waals surface area contributed by atoms with E-state index in [1.807, 2.05) is 0 Å². The fraction of sp³-hybridized carbons (Fsp3) is 0.455. The van der Waals surface area contributed by atoms with Crippen LogP contribution in [-0.4, -0.2) is 19.5 Å². The second-order valence-corrected chi connectivity index (χ2v) is 4.35. The summed E-state index contributed by atoms with van der Waals surface area (Å²) >= 11 is 1.74. The molecule has 15 heavy (non-hydrogen) atoms. The van der Waals surface area contributed by atoms with Gasteiger partial charge in [-0.1, -0.05) is 0 Å². The Kier molecular flexibility index (Phi) is 5.50. The molecule has 0 amide bonds. The van der Waals surface area contributed by atoms with Gasteiger partial charge in [0.15, 0.2) is 0 Å². The zero-order valence-electron chi connectivity index (χ0n) is 8.83. The molecule has 0 aliphatic carbocycles. The van der Waals surface area contributed by atoms with Crippen LogP contribution < -0.4 is 5.73 Å². The summed E-state index contributed by atoms with van der Waals surface area (Å²) in [5, 5.41) is 0. The molecule has 0 saturated carbocycles. The highest BCUT2D eigenvalue weighted by molar-refractivity contribution is 7.98. The average molecular weight is 229 g/mol. The highest BCUT2D eigenvalue weighted by Gasteiger charge is 2.01. The number of hydrogen-bond donors (Lipinski definition) is 1. The van der Waals surface area contributed by atoms with Gasteiger partial charge in [-0.2, -0.15) is 11.8 Å². The second kappa shape index (κ2) is 6.69. The maximum atomic E-state index is 12.9. The Bertz CT molecular complexity index is 307. The molecular weight excluding hydrogens is 213 g/mol. The number of benzene rings is 1. The summed E-state index contributed by atoms with van der Waals surface area (Å²) in [6.07, 6.45) is 1.01. The molecule has 2 N–H and O–H groups in total. The van der Waals surface area contributed by atoms with Crippen molar-refractivity contribution in [3.05, 3.63) is 29.6 Å². The van der Waals surface area contributed by atoms with Crippen molar-refractivity contribution in [1.82, 2.24) is 0 Å². The average Bonchev–Trinajstić information content (AvgIpc) is 2.23. The summed E-state index contributed by atoms with van der Waals surface area (Å²) in [5.41, 5.74) is 7.26. The number of rotatable bonds is 6. The summed E-state index contributed by atoms with van der Waals surface area (Å²) in [6, 6.07) is 4.49. The molecule has 0 spiro atoms. The summed E-state index contributed by atoms with van der Waals surface area (Å²) in [6.45, 7) is 0.769. The molecular formula is C11H16FNOS. The zero-order valence-corrected chi connectivity index (χ0v) is 9.65. The predicted molar refractivity (Wildman–Crippen MR) is 63.5 cm³/mol. The van der Waals surface area contributed by atoms with E-state index in [1.165, 1.54) is 12.1 Å². The Morgan fingerprint density at radius 1 is 1.47 bits per heavy atom. The number of ether oxygens (including phenoxy) is 1. The van der Waals surface area contributed by atoms with Crippen LogP contribution in [0, 0.1) is 5.82 Å². The summed E-state index contributed by atoms with van der Waals surface area (Å²) in [4.78, 5) is 0.